The minimum Gasteiger partial charge on any atom is -0.366 e. The quantitative estimate of drug-likeness (QED) is 0.470. The van der Waals surface area contributed by atoms with Crippen LogP contribution in [0.25, 0.3) is 0 Å². The second-order valence-electron chi connectivity index (χ2n) is 7.05. The maximum atomic E-state index is 5.46. The molecular weight excluding hydrogens is 213 g/mol. The van der Waals surface area contributed by atoms with Crippen LogP contribution in [0.4, 0.5) is 0 Å². The van der Waals surface area contributed by atoms with Crippen molar-refractivity contribution in [2.75, 3.05) is 7.05 Å². The van der Waals surface area contributed by atoms with Gasteiger partial charge in [-0.25, -0.2) is 0 Å². The summed E-state index contributed by atoms with van der Waals surface area (Å²) in [4.78, 5) is 3.56. The summed E-state index contributed by atoms with van der Waals surface area (Å²) in [6.07, 6.45) is 5.12. The van der Waals surface area contributed by atoms with Crippen molar-refractivity contribution in [2.24, 2.45) is 11.3 Å². The van der Waals surface area contributed by atoms with Crippen LogP contribution in [0.15, 0.2) is 0 Å². The van der Waals surface area contributed by atoms with Gasteiger partial charge in [-0.1, -0.05) is 38.3 Å². The Hall–Kier alpha value is -0.0451. The SMILES string of the molecule is BC1(C)CC2CC(=S)N(C)C2CCC1(C)C. The molecular formula is C13H24BNS. The summed E-state index contributed by atoms with van der Waals surface area (Å²) in [5, 5.41) is 0.438. The first-order chi connectivity index (χ1) is 7.24. The van der Waals surface area contributed by atoms with Gasteiger partial charge in [0.05, 0.1) is 4.99 Å². The third-order valence-corrected chi connectivity index (χ3v) is 6.00. The third-order valence-electron chi connectivity index (χ3n) is 5.54. The standard InChI is InChI=1S/C13H24BNS/c1-12(2)6-5-10-9(8-13(12,3)14)7-11(16)15(10)4/h9-10H,5-8,14H2,1-4H3. The maximum absolute atomic E-state index is 5.46. The van der Waals surface area contributed by atoms with E-state index in [1.807, 2.05) is 0 Å². The summed E-state index contributed by atoms with van der Waals surface area (Å²) in [6, 6.07) is 0.716. The lowest BCUT2D eigenvalue weighted by Gasteiger charge is -2.41. The molecule has 1 aliphatic carbocycles. The molecule has 1 aliphatic heterocycles. The molecule has 3 heteroatoms. The zero-order chi connectivity index (χ0) is 12.1. The van der Waals surface area contributed by atoms with Crippen LogP contribution in [0.5, 0.6) is 0 Å². The molecule has 3 unspecified atom stereocenters. The molecule has 1 heterocycles. The normalized spacial score (nSPS) is 43.0. The summed E-state index contributed by atoms with van der Waals surface area (Å²) >= 11 is 5.46. The smallest absolute Gasteiger partial charge is 0.109 e. The fourth-order valence-electron chi connectivity index (χ4n) is 3.42. The molecule has 0 bridgehead atoms. The average Bonchev–Trinajstić information content (AvgIpc) is 2.34. The van der Waals surface area contributed by atoms with Crippen LogP contribution in [-0.2, 0) is 0 Å². The predicted molar refractivity (Wildman–Crippen MR) is 76.8 cm³/mol. The molecule has 2 aliphatic rings. The van der Waals surface area contributed by atoms with Crippen LogP contribution in [0, 0.1) is 11.3 Å². The van der Waals surface area contributed by atoms with Crippen molar-refractivity contribution >= 4 is 25.1 Å². The lowest BCUT2D eigenvalue weighted by atomic mass is 9.52. The van der Waals surface area contributed by atoms with Gasteiger partial charge in [-0.2, -0.15) is 0 Å². The Kier molecular flexibility index (Phi) is 2.89. The van der Waals surface area contributed by atoms with E-state index in [0.29, 0.717) is 16.8 Å². The number of nitrogens with zero attached hydrogens (tertiary/aromatic N) is 1. The van der Waals surface area contributed by atoms with E-state index in [2.05, 4.69) is 40.6 Å². The monoisotopic (exact) mass is 237 g/mol. The van der Waals surface area contributed by atoms with Crippen LogP contribution >= 0.6 is 12.2 Å². The Morgan fingerprint density at radius 2 is 2.00 bits per heavy atom. The van der Waals surface area contributed by atoms with Crippen molar-refractivity contribution < 1.29 is 0 Å². The molecule has 0 aromatic rings. The fraction of sp³-hybridized carbons (Fsp3) is 0.923. The van der Waals surface area contributed by atoms with Crippen molar-refractivity contribution in [3.63, 3.8) is 0 Å². The van der Waals surface area contributed by atoms with Gasteiger partial charge in [0.2, 0.25) is 0 Å². The molecule has 0 aromatic carbocycles. The van der Waals surface area contributed by atoms with Gasteiger partial charge in [-0.3, -0.25) is 0 Å². The Labute approximate surface area is 106 Å². The van der Waals surface area contributed by atoms with Crippen LogP contribution in [0.3, 0.4) is 0 Å². The number of fused-ring (bicyclic) bond motifs is 1. The summed E-state index contributed by atoms with van der Waals surface area (Å²) in [5.74, 6) is 0.800. The van der Waals surface area contributed by atoms with Crippen LogP contribution < -0.4 is 0 Å². The van der Waals surface area contributed by atoms with Gasteiger partial charge in [0.15, 0.2) is 0 Å². The molecule has 2 fully saturated rings. The zero-order valence-electron chi connectivity index (χ0n) is 11.3. The average molecular weight is 237 g/mol. The van der Waals surface area contributed by atoms with Gasteiger partial charge in [0, 0.05) is 19.5 Å². The van der Waals surface area contributed by atoms with Gasteiger partial charge >= 0.3 is 0 Å². The van der Waals surface area contributed by atoms with Crippen LogP contribution in [0.2, 0.25) is 5.31 Å². The molecule has 0 N–H and O–H groups in total. The van der Waals surface area contributed by atoms with E-state index in [-0.39, 0.29) is 0 Å². The van der Waals surface area contributed by atoms with E-state index in [9.17, 15) is 0 Å². The van der Waals surface area contributed by atoms with Crippen molar-refractivity contribution in [2.45, 2.75) is 57.8 Å². The van der Waals surface area contributed by atoms with Gasteiger partial charge < -0.3 is 4.90 Å². The predicted octanol–water partition coefficient (Wildman–Crippen LogP) is 2.66. The van der Waals surface area contributed by atoms with Gasteiger partial charge in [-0.05, 0) is 30.6 Å². The first-order valence-electron chi connectivity index (χ1n) is 6.50. The van der Waals surface area contributed by atoms with Gasteiger partial charge in [0.1, 0.15) is 7.85 Å². The summed E-state index contributed by atoms with van der Waals surface area (Å²) in [7, 11) is 4.63. The molecule has 0 spiro atoms. The van der Waals surface area contributed by atoms with E-state index in [1.54, 1.807) is 0 Å². The molecule has 90 valence electrons. The molecule has 16 heavy (non-hydrogen) atoms. The Morgan fingerprint density at radius 3 is 2.62 bits per heavy atom. The molecule has 0 radical (unpaired) electrons. The second-order valence-corrected chi connectivity index (χ2v) is 7.52. The number of thiocarbonyl (C=S) groups is 1. The lowest BCUT2D eigenvalue weighted by Crippen LogP contribution is -2.30. The van der Waals surface area contributed by atoms with Crippen molar-refractivity contribution in [1.82, 2.24) is 4.90 Å². The molecule has 0 amide bonds. The first-order valence-corrected chi connectivity index (χ1v) is 6.91. The van der Waals surface area contributed by atoms with Crippen LogP contribution in [0.1, 0.15) is 46.5 Å². The lowest BCUT2D eigenvalue weighted by molar-refractivity contribution is 0.223. The summed E-state index contributed by atoms with van der Waals surface area (Å²) < 4.78 is 0. The van der Waals surface area contributed by atoms with Crippen molar-refractivity contribution in [3.05, 3.63) is 0 Å². The molecule has 1 nitrogen and oxygen atoms in total. The highest BCUT2D eigenvalue weighted by molar-refractivity contribution is 7.80. The van der Waals surface area contributed by atoms with E-state index in [4.69, 9.17) is 12.2 Å². The highest BCUT2D eigenvalue weighted by Gasteiger charge is 2.46. The van der Waals surface area contributed by atoms with Gasteiger partial charge in [0.25, 0.3) is 0 Å². The number of rotatable bonds is 0. The molecule has 2 rings (SSSR count). The first kappa shape index (κ1) is 12.4. The molecule has 1 saturated carbocycles. The second kappa shape index (κ2) is 3.73. The van der Waals surface area contributed by atoms with E-state index < -0.39 is 0 Å². The number of hydrogen-bond acceptors (Lipinski definition) is 1. The Bertz CT molecular complexity index is 311. The van der Waals surface area contributed by atoms with Crippen molar-refractivity contribution in [1.29, 1.82) is 0 Å². The van der Waals surface area contributed by atoms with Crippen LogP contribution in [-0.4, -0.2) is 30.8 Å². The summed E-state index contributed by atoms with van der Waals surface area (Å²) in [6.45, 7) is 7.31. The zero-order valence-corrected chi connectivity index (χ0v) is 12.2. The minimum absolute atomic E-state index is 0.438. The largest absolute Gasteiger partial charge is 0.366 e. The number of likely N-dealkylation sites (tertiary alicyclic amines) is 1. The Balaban J connectivity index is 2.24. The minimum atomic E-state index is 0.438. The highest BCUT2D eigenvalue weighted by atomic mass is 32.1. The molecule has 1 saturated heterocycles. The van der Waals surface area contributed by atoms with E-state index >= 15 is 0 Å². The fourth-order valence-corrected chi connectivity index (χ4v) is 3.77. The molecule has 0 aromatic heterocycles. The summed E-state index contributed by atoms with van der Waals surface area (Å²) in [5.41, 5.74) is 0.458. The Morgan fingerprint density at radius 1 is 1.38 bits per heavy atom. The maximum Gasteiger partial charge on any atom is 0.109 e. The topological polar surface area (TPSA) is 3.24 Å². The highest BCUT2D eigenvalue weighted by Crippen LogP contribution is 2.55. The number of hydrogen-bond donors (Lipinski definition) is 0. The third kappa shape index (κ3) is 1.81. The molecule has 3 atom stereocenters. The van der Waals surface area contributed by atoms with E-state index in [1.165, 1.54) is 24.3 Å². The van der Waals surface area contributed by atoms with Gasteiger partial charge in [-0.15, -0.1) is 0 Å². The van der Waals surface area contributed by atoms with E-state index in [0.717, 1.165) is 12.3 Å². The van der Waals surface area contributed by atoms with Crippen molar-refractivity contribution in [3.8, 4) is 0 Å².